The van der Waals surface area contributed by atoms with Gasteiger partial charge in [-0.25, -0.2) is 0 Å². The third kappa shape index (κ3) is 13.9. The van der Waals surface area contributed by atoms with Gasteiger partial charge in [-0.3, -0.25) is 14.4 Å². The summed E-state index contributed by atoms with van der Waals surface area (Å²) in [5.74, 6) is -0.596. The Bertz CT molecular complexity index is 1000. The van der Waals surface area contributed by atoms with E-state index in [1.807, 2.05) is 12.1 Å². The third-order valence-electron chi connectivity index (χ3n) is 5.59. The normalized spacial score (nSPS) is 11.0. The summed E-state index contributed by atoms with van der Waals surface area (Å²) in [6.45, 7) is 4.46. The van der Waals surface area contributed by atoms with E-state index in [-0.39, 0.29) is 30.3 Å². The predicted octanol–water partition coefficient (Wildman–Crippen LogP) is 3.45. The lowest BCUT2D eigenvalue weighted by atomic mass is 9.99. The van der Waals surface area contributed by atoms with Crippen LogP contribution >= 0.6 is 22.6 Å². The van der Waals surface area contributed by atoms with E-state index in [9.17, 15) is 14.4 Å². The molecular weight excluding hydrogens is 629 g/mol. The highest BCUT2D eigenvalue weighted by atomic mass is 127. The molecule has 5 N–H and O–H groups in total. The Kier molecular flexibility index (Phi) is 17.5. The number of hydrogen-bond acceptors (Lipinski definition) is 9. The fourth-order valence-electron chi connectivity index (χ4n) is 3.60. The molecular formula is C29H40IN3O7. The fourth-order valence-corrected chi connectivity index (χ4v) is 3.95. The van der Waals surface area contributed by atoms with Crippen molar-refractivity contribution < 1.29 is 33.3 Å². The zero-order valence-corrected chi connectivity index (χ0v) is 25.0. The summed E-state index contributed by atoms with van der Waals surface area (Å²) in [4.78, 5) is 38.8. The molecule has 0 aliphatic carbocycles. The maximum atomic E-state index is 13.0. The number of carbonyl (C=O) groups excluding carboxylic acids is 3. The number of nitrogens with one attached hydrogen (secondary N) is 1. The van der Waals surface area contributed by atoms with E-state index in [1.165, 1.54) is 0 Å². The van der Waals surface area contributed by atoms with Gasteiger partial charge in [-0.05, 0) is 77.9 Å². The zero-order chi connectivity index (χ0) is 29.0. The Labute approximate surface area is 249 Å². The standard InChI is InChI=1S/C29H40IN3O7/c30-25-7-5-22(6-8-25)29(36)33-26-20-23(27(34)3-1-11-37-15-17-39-13-9-31)19-24(21-26)28(35)4-2-12-38-16-18-40-14-10-32/h5-8,19-21H,1-4,9-18,31-32H2,(H,33,36). The zero-order valence-electron chi connectivity index (χ0n) is 22.8. The van der Waals surface area contributed by atoms with Crippen molar-refractivity contribution in [3.05, 3.63) is 62.7 Å². The van der Waals surface area contributed by atoms with Crippen molar-refractivity contribution in [3.8, 4) is 0 Å². The van der Waals surface area contributed by atoms with Gasteiger partial charge in [0, 0.05) is 65.1 Å². The number of amides is 1. The highest BCUT2D eigenvalue weighted by Gasteiger charge is 2.15. The van der Waals surface area contributed by atoms with Gasteiger partial charge in [0.2, 0.25) is 0 Å². The molecule has 0 unspecified atom stereocenters. The molecule has 0 bridgehead atoms. The predicted molar refractivity (Wildman–Crippen MR) is 162 cm³/mol. The van der Waals surface area contributed by atoms with Gasteiger partial charge in [-0.15, -0.1) is 0 Å². The first kappa shape index (κ1) is 33.9. The number of anilines is 1. The Morgan fingerprint density at radius 2 is 1.07 bits per heavy atom. The van der Waals surface area contributed by atoms with E-state index in [0.29, 0.717) is 101 Å². The maximum Gasteiger partial charge on any atom is 0.255 e. The molecule has 0 saturated carbocycles. The summed E-state index contributed by atoms with van der Waals surface area (Å²) in [6, 6.07) is 11.9. The molecule has 2 aromatic carbocycles. The van der Waals surface area contributed by atoms with E-state index in [4.69, 9.17) is 30.4 Å². The summed E-state index contributed by atoms with van der Waals surface area (Å²) in [7, 11) is 0. The van der Waals surface area contributed by atoms with E-state index in [2.05, 4.69) is 27.9 Å². The molecule has 0 aliphatic rings. The van der Waals surface area contributed by atoms with Gasteiger partial charge in [0.15, 0.2) is 11.6 Å². The SMILES string of the molecule is NCCOCCOCCCC(=O)c1cc(NC(=O)c2ccc(I)cc2)cc(C(=O)CCCOCCOCCN)c1. The van der Waals surface area contributed by atoms with Crippen LogP contribution in [0.5, 0.6) is 0 Å². The number of ketones is 2. The van der Waals surface area contributed by atoms with E-state index in [1.54, 1.807) is 30.3 Å². The molecule has 2 rings (SSSR count). The van der Waals surface area contributed by atoms with Gasteiger partial charge in [-0.2, -0.15) is 0 Å². The van der Waals surface area contributed by atoms with Crippen LogP contribution in [0.15, 0.2) is 42.5 Å². The van der Waals surface area contributed by atoms with Crippen LogP contribution in [0.4, 0.5) is 5.69 Å². The quantitative estimate of drug-likeness (QED) is 0.0973. The molecule has 11 heteroatoms. The number of ether oxygens (including phenoxy) is 4. The average molecular weight is 670 g/mol. The van der Waals surface area contributed by atoms with Crippen LogP contribution in [-0.4, -0.2) is 83.4 Å². The largest absolute Gasteiger partial charge is 0.379 e. The van der Waals surface area contributed by atoms with E-state index >= 15 is 0 Å². The Balaban J connectivity index is 1.99. The summed E-state index contributed by atoms with van der Waals surface area (Å²) < 4.78 is 22.5. The monoisotopic (exact) mass is 669 g/mol. The molecule has 0 heterocycles. The minimum atomic E-state index is -0.324. The molecule has 0 fully saturated rings. The van der Waals surface area contributed by atoms with Gasteiger partial charge < -0.3 is 35.7 Å². The van der Waals surface area contributed by atoms with Gasteiger partial charge in [0.25, 0.3) is 5.91 Å². The van der Waals surface area contributed by atoms with Crippen molar-refractivity contribution >= 4 is 45.8 Å². The minimum absolute atomic E-state index is 0.136. The van der Waals surface area contributed by atoms with E-state index < -0.39 is 0 Å². The van der Waals surface area contributed by atoms with Crippen molar-refractivity contribution in [1.82, 2.24) is 0 Å². The number of nitrogens with two attached hydrogens (primary N) is 2. The highest BCUT2D eigenvalue weighted by molar-refractivity contribution is 14.1. The molecule has 0 atom stereocenters. The van der Waals surface area contributed by atoms with Crippen molar-refractivity contribution in [2.45, 2.75) is 25.7 Å². The number of hydrogen-bond donors (Lipinski definition) is 3. The van der Waals surface area contributed by atoms with Crippen LogP contribution in [0.25, 0.3) is 0 Å². The smallest absolute Gasteiger partial charge is 0.255 e. The molecule has 220 valence electrons. The second-order valence-electron chi connectivity index (χ2n) is 8.84. The number of Topliss-reactive ketones (excluding diaryl/α,β-unsaturated/α-hetero) is 2. The summed E-state index contributed by atoms with van der Waals surface area (Å²) >= 11 is 2.17. The Morgan fingerprint density at radius 1 is 0.625 bits per heavy atom. The first-order valence-electron chi connectivity index (χ1n) is 13.4. The van der Waals surface area contributed by atoms with Gasteiger partial charge >= 0.3 is 0 Å². The highest BCUT2D eigenvalue weighted by Crippen LogP contribution is 2.20. The van der Waals surface area contributed by atoms with Crippen LogP contribution in [0.3, 0.4) is 0 Å². The van der Waals surface area contributed by atoms with Crippen LogP contribution < -0.4 is 16.8 Å². The fraction of sp³-hybridized carbons (Fsp3) is 0.483. The number of rotatable bonds is 22. The lowest BCUT2D eigenvalue weighted by Crippen LogP contribution is -2.14. The minimum Gasteiger partial charge on any atom is -0.379 e. The molecule has 40 heavy (non-hydrogen) atoms. The van der Waals surface area contributed by atoms with Gasteiger partial charge in [0.05, 0.1) is 39.6 Å². The van der Waals surface area contributed by atoms with Crippen LogP contribution in [-0.2, 0) is 18.9 Å². The van der Waals surface area contributed by atoms with Crippen molar-refractivity contribution in [2.75, 3.05) is 71.3 Å². The number of benzene rings is 2. The molecule has 2 aromatic rings. The average Bonchev–Trinajstić information content (AvgIpc) is 2.95. The van der Waals surface area contributed by atoms with Crippen molar-refractivity contribution in [3.63, 3.8) is 0 Å². The molecule has 0 aliphatic heterocycles. The van der Waals surface area contributed by atoms with Gasteiger partial charge in [-0.1, -0.05) is 0 Å². The maximum absolute atomic E-state index is 13.0. The van der Waals surface area contributed by atoms with Crippen LogP contribution in [0.1, 0.15) is 56.8 Å². The summed E-state index contributed by atoms with van der Waals surface area (Å²) in [5.41, 5.74) is 12.3. The second-order valence-corrected chi connectivity index (χ2v) is 10.1. The molecule has 0 saturated heterocycles. The summed E-state index contributed by atoms with van der Waals surface area (Å²) in [6.07, 6.45) is 1.52. The van der Waals surface area contributed by atoms with Crippen LogP contribution in [0, 0.1) is 3.57 Å². The molecule has 10 nitrogen and oxygen atoms in total. The third-order valence-corrected chi connectivity index (χ3v) is 6.31. The lowest BCUT2D eigenvalue weighted by Gasteiger charge is -2.11. The lowest BCUT2D eigenvalue weighted by molar-refractivity contribution is 0.0488. The summed E-state index contributed by atoms with van der Waals surface area (Å²) in [5, 5.41) is 2.83. The Morgan fingerprint density at radius 3 is 1.52 bits per heavy atom. The molecule has 0 aromatic heterocycles. The van der Waals surface area contributed by atoms with Crippen LogP contribution in [0.2, 0.25) is 0 Å². The topological polar surface area (TPSA) is 152 Å². The van der Waals surface area contributed by atoms with Crippen molar-refractivity contribution in [1.29, 1.82) is 0 Å². The molecule has 1 amide bonds. The first-order chi connectivity index (χ1) is 19.4. The van der Waals surface area contributed by atoms with Crippen molar-refractivity contribution in [2.24, 2.45) is 11.5 Å². The van der Waals surface area contributed by atoms with Gasteiger partial charge in [0.1, 0.15) is 0 Å². The molecule has 0 spiro atoms. The van der Waals surface area contributed by atoms with E-state index in [0.717, 1.165) is 3.57 Å². The second kappa shape index (κ2) is 20.6. The number of halogens is 1. The molecule has 0 radical (unpaired) electrons. The first-order valence-corrected chi connectivity index (χ1v) is 14.5. The Hall–Kier alpha value is -2.26. The number of carbonyl (C=O) groups is 3.